The summed E-state index contributed by atoms with van der Waals surface area (Å²) in [7, 11) is 0. The third kappa shape index (κ3) is 4.88. The summed E-state index contributed by atoms with van der Waals surface area (Å²) in [5.74, 6) is -0.0435. The molecule has 0 unspecified atom stereocenters. The van der Waals surface area contributed by atoms with E-state index in [4.69, 9.17) is 12.2 Å². The second-order valence-electron chi connectivity index (χ2n) is 9.06. The van der Waals surface area contributed by atoms with E-state index in [2.05, 4.69) is 56.3 Å². The van der Waals surface area contributed by atoms with Crippen molar-refractivity contribution in [1.82, 2.24) is 19.8 Å². The van der Waals surface area contributed by atoms with Gasteiger partial charge in [-0.1, -0.05) is 36.4 Å². The third-order valence-corrected chi connectivity index (χ3v) is 6.86. The summed E-state index contributed by atoms with van der Waals surface area (Å²) in [6, 6.07) is 28.1. The summed E-state index contributed by atoms with van der Waals surface area (Å²) in [5, 5.41) is 7.12. The van der Waals surface area contributed by atoms with Gasteiger partial charge in [-0.2, -0.15) is 0 Å². The number of benzene rings is 2. The molecule has 6 nitrogen and oxygen atoms in total. The number of hydrogen-bond acceptors (Lipinski definition) is 3. The summed E-state index contributed by atoms with van der Waals surface area (Å²) < 4.78 is 2.26. The van der Waals surface area contributed by atoms with Gasteiger partial charge in [0.15, 0.2) is 5.11 Å². The maximum absolute atomic E-state index is 12.9. The Morgan fingerprint density at radius 1 is 1.00 bits per heavy atom. The highest BCUT2D eigenvalue weighted by Crippen LogP contribution is 2.40. The van der Waals surface area contributed by atoms with Crippen LogP contribution in [0.4, 0.5) is 5.69 Å². The van der Waals surface area contributed by atoms with E-state index in [1.807, 2.05) is 67.6 Å². The molecule has 1 saturated heterocycles. The Kier molecular flexibility index (Phi) is 6.82. The van der Waals surface area contributed by atoms with Crippen LogP contribution < -0.4 is 10.6 Å². The van der Waals surface area contributed by atoms with Crippen LogP contribution in [0.5, 0.6) is 0 Å². The molecule has 1 aliphatic heterocycles. The van der Waals surface area contributed by atoms with Gasteiger partial charge in [0.1, 0.15) is 0 Å². The number of aryl methyl sites for hydroxylation is 2. The molecule has 1 amide bonds. The number of thiocarbonyl (C=S) groups is 1. The number of carbonyl (C=O) groups is 1. The number of anilines is 1. The van der Waals surface area contributed by atoms with Gasteiger partial charge in [-0.15, -0.1) is 0 Å². The van der Waals surface area contributed by atoms with Crippen molar-refractivity contribution in [2.45, 2.75) is 32.4 Å². The number of carbonyl (C=O) groups excluding carboxylic acids is 1. The van der Waals surface area contributed by atoms with Crippen LogP contribution in [0.1, 0.15) is 41.1 Å². The maximum Gasteiger partial charge on any atom is 0.226 e. The molecular formula is C29H29N5OS. The van der Waals surface area contributed by atoms with Gasteiger partial charge in [-0.25, -0.2) is 0 Å². The van der Waals surface area contributed by atoms with Crippen LogP contribution in [0.15, 0.2) is 91.1 Å². The Hall–Kier alpha value is -3.97. The second-order valence-corrected chi connectivity index (χ2v) is 9.44. The zero-order chi connectivity index (χ0) is 25.1. The molecule has 0 bridgehead atoms. The van der Waals surface area contributed by atoms with Gasteiger partial charge in [0.05, 0.1) is 17.8 Å². The Balaban J connectivity index is 1.46. The number of pyridine rings is 1. The van der Waals surface area contributed by atoms with Crippen molar-refractivity contribution in [2.75, 3.05) is 11.9 Å². The SMILES string of the molecule is Cc1cccc(NC(=O)CCN2C(=S)N[C@H](c3ccccn3)[C@H]2c2ccc(C)n2-c2ccccc2)c1. The summed E-state index contributed by atoms with van der Waals surface area (Å²) >= 11 is 5.81. The molecule has 0 radical (unpaired) electrons. The van der Waals surface area contributed by atoms with E-state index in [1.165, 1.54) is 0 Å². The largest absolute Gasteiger partial charge is 0.352 e. The average molecular weight is 496 g/mol. The van der Waals surface area contributed by atoms with Crippen LogP contribution in [-0.2, 0) is 4.79 Å². The van der Waals surface area contributed by atoms with Gasteiger partial charge in [0.25, 0.3) is 0 Å². The van der Waals surface area contributed by atoms with Crippen molar-refractivity contribution >= 4 is 28.9 Å². The molecule has 5 rings (SSSR count). The van der Waals surface area contributed by atoms with Crippen LogP contribution >= 0.6 is 12.2 Å². The minimum atomic E-state index is -0.143. The highest BCUT2D eigenvalue weighted by atomic mass is 32.1. The summed E-state index contributed by atoms with van der Waals surface area (Å²) in [6.07, 6.45) is 2.11. The zero-order valence-corrected chi connectivity index (χ0v) is 21.2. The fourth-order valence-corrected chi connectivity index (χ4v) is 5.19. The monoisotopic (exact) mass is 495 g/mol. The van der Waals surface area contributed by atoms with Crippen molar-refractivity contribution in [3.05, 3.63) is 114 Å². The number of nitrogens with one attached hydrogen (secondary N) is 2. The van der Waals surface area contributed by atoms with Gasteiger partial charge in [0.2, 0.25) is 5.91 Å². The van der Waals surface area contributed by atoms with E-state index in [9.17, 15) is 4.79 Å². The molecule has 1 aliphatic rings. The van der Waals surface area contributed by atoms with Crippen molar-refractivity contribution in [2.24, 2.45) is 0 Å². The minimum Gasteiger partial charge on any atom is -0.352 e. The third-order valence-electron chi connectivity index (χ3n) is 6.50. The fourth-order valence-electron chi connectivity index (χ4n) is 4.86. The minimum absolute atomic E-state index is 0.0435. The smallest absolute Gasteiger partial charge is 0.226 e. The van der Waals surface area contributed by atoms with Crippen molar-refractivity contribution in [1.29, 1.82) is 0 Å². The number of aromatic nitrogens is 2. The molecule has 182 valence electrons. The first-order valence-electron chi connectivity index (χ1n) is 12.1. The number of amides is 1. The second kappa shape index (κ2) is 10.3. The standard InChI is InChI=1S/C29H29N5OS/c1-20-9-8-10-22(19-20)31-26(35)16-18-33-28(27(32-29(33)36)24-13-6-7-17-30-24)25-15-14-21(2)34(25)23-11-4-3-5-12-23/h3-15,17,19,27-28H,16,18H2,1-2H3,(H,31,35)(H,32,36)/t27-,28-/m1/s1. The van der Waals surface area contributed by atoms with E-state index in [1.54, 1.807) is 6.20 Å². The molecule has 2 aromatic carbocycles. The van der Waals surface area contributed by atoms with Crippen LogP contribution in [0.3, 0.4) is 0 Å². The summed E-state index contributed by atoms with van der Waals surface area (Å²) in [6.45, 7) is 4.60. The van der Waals surface area contributed by atoms with Crippen molar-refractivity contribution < 1.29 is 4.79 Å². The molecule has 0 spiro atoms. The first kappa shape index (κ1) is 23.8. The number of rotatable bonds is 7. The molecule has 1 fully saturated rings. The van der Waals surface area contributed by atoms with Gasteiger partial charge < -0.3 is 20.1 Å². The first-order chi connectivity index (χ1) is 17.5. The molecule has 2 atom stereocenters. The van der Waals surface area contributed by atoms with Crippen LogP contribution in [0.2, 0.25) is 0 Å². The quantitative estimate of drug-likeness (QED) is 0.332. The lowest BCUT2D eigenvalue weighted by Gasteiger charge is -2.29. The lowest BCUT2D eigenvalue weighted by Crippen LogP contribution is -2.33. The lowest BCUT2D eigenvalue weighted by atomic mass is 10.0. The van der Waals surface area contributed by atoms with Crippen molar-refractivity contribution in [3.8, 4) is 5.69 Å². The molecule has 0 aliphatic carbocycles. The summed E-state index contributed by atoms with van der Waals surface area (Å²) in [4.78, 5) is 19.6. The molecule has 3 heterocycles. The zero-order valence-electron chi connectivity index (χ0n) is 20.4. The fraction of sp³-hybridized carbons (Fsp3) is 0.207. The molecule has 4 aromatic rings. The number of hydrogen-bond donors (Lipinski definition) is 2. The average Bonchev–Trinajstić information content (AvgIpc) is 3.42. The van der Waals surface area contributed by atoms with Gasteiger partial charge in [-0.05, 0) is 80.2 Å². The highest BCUT2D eigenvalue weighted by molar-refractivity contribution is 7.80. The Bertz CT molecular complexity index is 1370. The number of para-hydroxylation sites is 1. The molecule has 36 heavy (non-hydrogen) atoms. The predicted molar refractivity (Wildman–Crippen MR) is 147 cm³/mol. The van der Waals surface area contributed by atoms with Crippen LogP contribution in [-0.4, -0.2) is 32.0 Å². The highest BCUT2D eigenvalue weighted by Gasteiger charge is 2.41. The molecule has 2 N–H and O–H groups in total. The topological polar surface area (TPSA) is 62.2 Å². The number of nitrogens with zero attached hydrogens (tertiary/aromatic N) is 3. The maximum atomic E-state index is 12.9. The lowest BCUT2D eigenvalue weighted by molar-refractivity contribution is -0.116. The van der Waals surface area contributed by atoms with E-state index >= 15 is 0 Å². The normalized spacial score (nSPS) is 17.2. The summed E-state index contributed by atoms with van der Waals surface area (Å²) in [5.41, 5.74) is 6.14. The Morgan fingerprint density at radius 2 is 1.81 bits per heavy atom. The van der Waals surface area contributed by atoms with Gasteiger partial charge in [-0.3, -0.25) is 9.78 Å². The predicted octanol–water partition coefficient (Wildman–Crippen LogP) is 5.49. The Labute approximate surface area is 217 Å². The molecular weight excluding hydrogens is 466 g/mol. The van der Waals surface area contributed by atoms with E-state index < -0.39 is 0 Å². The van der Waals surface area contributed by atoms with Gasteiger partial charge >= 0.3 is 0 Å². The van der Waals surface area contributed by atoms with Gasteiger partial charge in [0, 0.05) is 41.9 Å². The van der Waals surface area contributed by atoms with Crippen LogP contribution in [0.25, 0.3) is 5.69 Å². The molecule has 0 saturated carbocycles. The van der Waals surface area contributed by atoms with Crippen LogP contribution in [0, 0.1) is 13.8 Å². The first-order valence-corrected chi connectivity index (χ1v) is 12.5. The molecule has 2 aromatic heterocycles. The van der Waals surface area contributed by atoms with E-state index in [0.717, 1.165) is 34.0 Å². The van der Waals surface area contributed by atoms with Crippen molar-refractivity contribution in [3.63, 3.8) is 0 Å². The Morgan fingerprint density at radius 3 is 2.56 bits per heavy atom. The molecule has 7 heteroatoms. The van der Waals surface area contributed by atoms with E-state index in [0.29, 0.717) is 18.1 Å². The van der Waals surface area contributed by atoms with E-state index in [-0.39, 0.29) is 18.0 Å².